The van der Waals surface area contributed by atoms with Gasteiger partial charge in [-0.3, -0.25) is 4.90 Å². The van der Waals surface area contributed by atoms with Crippen LogP contribution in [0.25, 0.3) is 5.78 Å². The minimum Gasteiger partial charge on any atom is -0.478 e. The Morgan fingerprint density at radius 2 is 1.84 bits per heavy atom. The lowest BCUT2D eigenvalue weighted by Crippen LogP contribution is -2.35. The summed E-state index contributed by atoms with van der Waals surface area (Å²) >= 11 is 0. The van der Waals surface area contributed by atoms with Gasteiger partial charge in [0.15, 0.2) is 0 Å². The molecule has 2 aromatic heterocycles. The van der Waals surface area contributed by atoms with Crippen molar-refractivity contribution in [2.75, 3.05) is 38.2 Å². The minimum absolute atomic E-state index is 0.148. The average Bonchev–Trinajstić information content (AvgIpc) is 3.16. The monoisotopic (exact) mass is 424 g/mol. The molecular weight excluding hydrogens is 392 g/mol. The molecule has 1 saturated heterocycles. The van der Waals surface area contributed by atoms with Crippen molar-refractivity contribution in [2.24, 2.45) is 0 Å². The Morgan fingerprint density at radius 1 is 1.10 bits per heavy atom. The van der Waals surface area contributed by atoms with Gasteiger partial charge in [0, 0.05) is 32.2 Å². The van der Waals surface area contributed by atoms with Crippen LogP contribution in [-0.4, -0.2) is 57.4 Å². The second kappa shape index (κ2) is 9.20. The molecule has 8 heteroatoms. The van der Waals surface area contributed by atoms with Crippen molar-refractivity contribution < 1.29 is 9.47 Å². The fourth-order valence-electron chi connectivity index (χ4n) is 3.59. The van der Waals surface area contributed by atoms with E-state index >= 15 is 0 Å². The van der Waals surface area contributed by atoms with Crippen molar-refractivity contribution in [1.29, 1.82) is 0 Å². The van der Waals surface area contributed by atoms with Gasteiger partial charge in [0.2, 0.25) is 11.8 Å². The first-order chi connectivity index (χ1) is 14.9. The molecule has 1 aliphatic heterocycles. The number of benzene rings is 1. The zero-order chi connectivity index (χ0) is 21.8. The molecule has 3 heterocycles. The van der Waals surface area contributed by atoms with Crippen LogP contribution in [0.2, 0.25) is 0 Å². The average molecular weight is 425 g/mol. The zero-order valence-electron chi connectivity index (χ0n) is 18.9. The fraction of sp³-hybridized carbons (Fsp3) is 0.522. The molecule has 166 valence electrons. The quantitative estimate of drug-likeness (QED) is 0.624. The lowest BCUT2D eigenvalue weighted by atomic mass is 9.87. The van der Waals surface area contributed by atoms with Crippen LogP contribution in [0.3, 0.4) is 0 Å². The highest BCUT2D eigenvalue weighted by Gasteiger charge is 2.16. The van der Waals surface area contributed by atoms with Gasteiger partial charge in [-0.15, -0.1) is 5.10 Å². The van der Waals surface area contributed by atoms with Crippen molar-refractivity contribution in [3.05, 3.63) is 47.2 Å². The molecule has 31 heavy (non-hydrogen) atoms. The maximum Gasteiger partial charge on any atom is 0.257 e. The van der Waals surface area contributed by atoms with E-state index < -0.39 is 0 Å². The third-order valence-electron chi connectivity index (χ3n) is 5.38. The number of nitrogens with zero attached hydrogens (tertiary/aromatic N) is 5. The largest absolute Gasteiger partial charge is 0.478 e. The molecule has 1 fully saturated rings. The molecule has 0 radical (unpaired) electrons. The molecular formula is C23H32N6O2. The lowest BCUT2D eigenvalue weighted by molar-refractivity contribution is 0.0336. The highest BCUT2D eigenvalue weighted by molar-refractivity contribution is 5.41. The highest BCUT2D eigenvalue weighted by Crippen LogP contribution is 2.22. The number of hydrogen-bond donors (Lipinski definition) is 1. The van der Waals surface area contributed by atoms with Crippen molar-refractivity contribution >= 4 is 11.7 Å². The molecule has 0 amide bonds. The summed E-state index contributed by atoms with van der Waals surface area (Å²) in [5.74, 6) is 1.74. The predicted octanol–water partition coefficient (Wildman–Crippen LogP) is 3.26. The van der Waals surface area contributed by atoms with Crippen molar-refractivity contribution in [3.8, 4) is 5.88 Å². The second-order valence-corrected chi connectivity index (χ2v) is 8.85. The zero-order valence-corrected chi connectivity index (χ0v) is 18.9. The molecule has 0 aliphatic carbocycles. The predicted molar refractivity (Wildman–Crippen MR) is 121 cm³/mol. The van der Waals surface area contributed by atoms with Gasteiger partial charge in [-0.2, -0.15) is 9.50 Å². The van der Waals surface area contributed by atoms with Crippen LogP contribution >= 0.6 is 0 Å². The number of morpholine rings is 1. The Bertz CT molecular complexity index is 1000. The van der Waals surface area contributed by atoms with E-state index in [2.05, 4.69) is 65.3 Å². The molecule has 1 aliphatic rings. The van der Waals surface area contributed by atoms with E-state index in [1.165, 1.54) is 11.1 Å². The van der Waals surface area contributed by atoms with E-state index in [1.54, 1.807) is 4.52 Å². The van der Waals surface area contributed by atoms with Crippen LogP contribution in [0.1, 0.15) is 44.5 Å². The van der Waals surface area contributed by atoms with E-state index in [0.29, 0.717) is 30.8 Å². The number of anilines is 1. The molecule has 0 atom stereocenters. The Labute approximate surface area is 183 Å². The summed E-state index contributed by atoms with van der Waals surface area (Å²) in [6.07, 6.45) is 0. The summed E-state index contributed by atoms with van der Waals surface area (Å²) in [4.78, 5) is 11.6. The van der Waals surface area contributed by atoms with Gasteiger partial charge in [0.25, 0.3) is 5.78 Å². The molecule has 8 nitrogen and oxygen atoms in total. The molecule has 0 spiro atoms. The van der Waals surface area contributed by atoms with Crippen LogP contribution in [0.5, 0.6) is 5.88 Å². The highest BCUT2D eigenvalue weighted by atomic mass is 16.5. The summed E-state index contributed by atoms with van der Waals surface area (Å²) in [6.45, 7) is 13.9. The third-order valence-corrected chi connectivity index (χ3v) is 5.38. The van der Waals surface area contributed by atoms with Gasteiger partial charge in [0.05, 0.1) is 25.5 Å². The number of ether oxygens (including phenoxy) is 2. The molecule has 0 unspecified atom stereocenters. The van der Waals surface area contributed by atoms with Gasteiger partial charge < -0.3 is 14.8 Å². The summed E-state index contributed by atoms with van der Waals surface area (Å²) < 4.78 is 12.9. The second-order valence-electron chi connectivity index (χ2n) is 8.85. The van der Waals surface area contributed by atoms with E-state index in [1.807, 2.05) is 13.0 Å². The van der Waals surface area contributed by atoms with E-state index in [0.717, 1.165) is 38.5 Å². The van der Waals surface area contributed by atoms with E-state index in [4.69, 9.17) is 14.5 Å². The van der Waals surface area contributed by atoms with Crippen molar-refractivity contribution in [2.45, 2.75) is 46.2 Å². The normalized spacial score (nSPS) is 15.4. The number of nitrogens with one attached hydrogen (secondary N) is 1. The SMILES string of the molecule is CCOc1cc(CN2CCOCC2)nc2nc(NCc3ccc(C(C)(C)C)cc3)nn12. The number of hydrogen-bond acceptors (Lipinski definition) is 7. The standard InChI is InChI=1S/C23H32N6O2/c1-5-31-20-14-19(16-28-10-12-30-13-11-28)25-22-26-21(27-29(20)22)24-15-17-6-8-18(9-7-17)23(2,3)4/h6-9,14H,5,10-13,15-16H2,1-4H3,(H,24,27). The number of aromatic nitrogens is 4. The first-order valence-corrected chi connectivity index (χ1v) is 11.0. The molecule has 0 bridgehead atoms. The van der Waals surface area contributed by atoms with Crippen LogP contribution < -0.4 is 10.1 Å². The van der Waals surface area contributed by atoms with Crippen LogP contribution in [0.4, 0.5) is 5.95 Å². The van der Waals surface area contributed by atoms with Gasteiger partial charge in [-0.25, -0.2) is 4.98 Å². The summed E-state index contributed by atoms with van der Waals surface area (Å²) in [5.41, 5.74) is 3.57. The first kappa shape index (κ1) is 21.5. The van der Waals surface area contributed by atoms with Crippen LogP contribution in [0.15, 0.2) is 30.3 Å². The summed E-state index contributed by atoms with van der Waals surface area (Å²) in [5, 5.41) is 7.88. The number of fused-ring (bicyclic) bond motifs is 1. The van der Waals surface area contributed by atoms with Crippen molar-refractivity contribution in [3.63, 3.8) is 0 Å². The first-order valence-electron chi connectivity index (χ1n) is 11.0. The van der Waals surface area contributed by atoms with Crippen LogP contribution in [-0.2, 0) is 23.2 Å². The summed E-state index contributed by atoms with van der Waals surface area (Å²) in [6, 6.07) is 10.6. The Kier molecular flexibility index (Phi) is 6.38. The molecule has 3 aromatic rings. The Balaban J connectivity index is 1.50. The van der Waals surface area contributed by atoms with Gasteiger partial charge in [-0.1, -0.05) is 45.0 Å². The molecule has 4 rings (SSSR count). The topological polar surface area (TPSA) is 76.8 Å². The van der Waals surface area contributed by atoms with Gasteiger partial charge >= 0.3 is 0 Å². The molecule has 0 saturated carbocycles. The number of rotatable bonds is 7. The maximum atomic E-state index is 5.82. The summed E-state index contributed by atoms with van der Waals surface area (Å²) in [7, 11) is 0. The van der Waals surface area contributed by atoms with Crippen LogP contribution in [0, 0.1) is 0 Å². The smallest absolute Gasteiger partial charge is 0.257 e. The van der Waals surface area contributed by atoms with E-state index in [-0.39, 0.29) is 5.41 Å². The van der Waals surface area contributed by atoms with Crippen molar-refractivity contribution in [1.82, 2.24) is 24.5 Å². The fourth-order valence-corrected chi connectivity index (χ4v) is 3.59. The van der Waals surface area contributed by atoms with Gasteiger partial charge in [0.1, 0.15) is 0 Å². The van der Waals surface area contributed by atoms with E-state index in [9.17, 15) is 0 Å². The Hall–Kier alpha value is -2.71. The Morgan fingerprint density at radius 3 is 2.52 bits per heavy atom. The lowest BCUT2D eigenvalue weighted by Gasteiger charge is -2.26. The third kappa shape index (κ3) is 5.32. The minimum atomic E-state index is 0.148. The van der Waals surface area contributed by atoms with Gasteiger partial charge in [-0.05, 0) is 23.5 Å². The molecule has 1 N–H and O–H groups in total. The maximum absolute atomic E-state index is 5.82. The molecule has 1 aromatic carbocycles.